The molecule has 1 saturated heterocycles. The highest BCUT2D eigenvalue weighted by Crippen LogP contribution is 2.29. The average molecular weight is 213 g/mol. The second kappa shape index (κ2) is 5.47. The summed E-state index contributed by atoms with van der Waals surface area (Å²) in [6.07, 6.45) is 1.89. The molecule has 1 rings (SSSR count). The van der Waals surface area contributed by atoms with Gasteiger partial charge in [-0.3, -0.25) is 4.79 Å². The minimum absolute atomic E-state index is 0.147. The van der Waals surface area contributed by atoms with Gasteiger partial charge in [0, 0.05) is 19.6 Å². The van der Waals surface area contributed by atoms with E-state index in [4.69, 9.17) is 0 Å². The Morgan fingerprint density at radius 1 is 1.53 bits per heavy atom. The van der Waals surface area contributed by atoms with Crippen molar-refractivity contribution in [3.8, 4) is 0 Å². The Labute approximate surface area is 92.4 Å². The van der Waals surface area contributed by atoms with Gasteiger partial charge in [-0.1, -0.05) is 6.92 Å². The molecule has 0 bridgehead atoms. The first-order valence-electron chi connectivity index (χ1n) is 5.74. The minimum Gasteiger partial charge on any atom is -0.354 e. The minimum atomic E-state index is -0.147. The van der Waals surface area contributed by atoms with Crippen molar-refractivity contribution in [1.29, 1.82) is 0 Å². The van der Waals surface area contributed by atoms with Gasteiger partial charge in [-0.25, -0.2) is 0 Å². The molecule has 0 aromatic heterocycles. The summed E-state index contributed by atoms with van der Waals surface area (Å²) in [7, 11) is 4.03. The van der Waals surface area contributed by atoms with Gasteiger partial charge < -0.3 is 15.5 Å². The van der Waals surface area contributed by atoms with E-state index in [2.05, 4.69) is 22.5 Å². The van der Waals surface area contributed by atoms with Gasteiger partial charge in [0.05, 0.1) is 5.41 Å². The molecule has 1 aliphatic heterocycles. The van der Waals surface area contributed by atoms with Gasteiger partial charge in [-0.15, -0.1) is 0 Å². The summed E-state index contributed by atoms with van der Waals surface area (Å²) in [5.74, 6) is 0.219. The zero-order valence-electron chi connectivity index (χ0n) is 10.1. The predicted molar refractivity (Wildman–Crippen MR) is 61.8 cm³/mol. The predicted octanol–water partition coefficient (Wildman–Crippen LogP) is 0.0539. The van der Waals surface area contributed by atoms with Crippen molar-refractivity contribution in [3.63, 3.8) is 0 Å². The first-order chi connectivity index (χ1) is 7.10. The fourth-order valence-corrected chi connectivity index (χ4v) is 1.98. The highest BCUT2D eigenvalue weighted by Gasteiger charge is 2.38. The highest BCUT2D eigenvalue weighted by atomic mass is 16.2. The number of carbonyl (C=O) groups excluding carboxylic acids is 1. The molecule has 0 spiro atoms. The lowest BCUT2D eigenvalue weighted by Gasteiger charge is -2.25. The number of amides is 1. The summed E-state index contributed by atoms with van der Waals surface area (Å²) in [5.41, 5.74) is -0.147. The Balaban J connectivity index is 2.37. The normalized spacial score (nSPS) is 25.9. The molecule has 1 aliphatic rings. The third kappa shape index (κ3) is 3.18. The number of hydrogen-bond donors (Lipinski definition) is 2. The molecule has 0 radical (unpaired) electrons. The summed E-state index contributed by atoms with van der Waals surface area (Å²) >= 11 is 0. The number of nitrogens with one attached hydrogen (secondary N) is 2. The first kappa shape index (κ1) is 12.5. The van der Waals surface area contributed by atoms with E-state index >= 15 is 0 Å². The molecule has 0 aliphatic carbocycles. The van der Waals surface area contributed by atoms with Crippen LogP contribution < -0.4 is 10.6 Å². The van der Waals surface area contributed by atoms with Crippen molar-refractivity contribution >= 4 is 5.91 Å². The number of likely N-dealkylation sites (N-methyl/N-ethyl adjacent to an activating group) is 1. The van der Waals surface area contributed by atoms with Crippen LogP contribution in [0.4, 0.5) is 0 Å². The number of nitrogens with zero attached hydrogens (tertiary/aromatic N) is 1. The van der Waals surface area contributed by atoms with Gasteiger partial charge >= 0.3 is 0 Å². The van der Waals surface area contributed by atoms with E-state index in [1.54, 1.807) is 0 Å². The van der Waals surface area contributed by atoms with Crippen molar-refractivity contribution in [2.45, 2.75) is 19.8 Å². The summed E-state index contributed by atoms with van der Waals surface area (Å²) in [5, 5.41) is 6.30. The van der Waals surface area contributed by atoms with E-state index in [-0.39, 0.29) is 11.3 Å². The van der Waals surface area contributed by atoms with E-state index in [1.807, 2.05) is 14.1 Å². The summed E-state index contributed by atoms with van der Waals surface area (Å²) in [6.45, 7) is 5.54. The second-order valence-electron chi connectivity index (χ2n) is 4.62. The maximum atomic E-state index is 12.0. The van der Waals surface area contributed by atoms with Gasteiger partial charge in [0.25, 0.3) is 0 Å². The van der Waals surface area contributed by atoms with Gasteiger partial charge in [0.15, 0.2) is 0 Å². The number of carbonyl (C=O) groups is 1. The van der Waals surface area contributed by atoms with Crippen LogP contribution in [0.25, 0.3) is 0 Å². The molecule has 15 heavy (non-hydrogen) atoms. The van der Waals surface area contributed by atoms with E-state index in [9.17, 15) is 4.79 Å². The molecule has 0 aromatic carbocycles. The largest absolute Gasteiger partial charge is 0.354 e. The van der Waals surface area contributed by atoms with E-state index in [0.29, 0.717) is 0 Å². The molecule has 4 heteroatoms. The number of hydrogen-bond acceptors (Lipinski definition) is 3. The molecule has 1 atom stereocenters. The first-order valence-corrected chi connectivity index (χ1v) is 5.74. The maximum Gasteiger partial charge on any atom is 0.227 e. The summed E-state index contributed by atoms with van der Waals surface area (Å²) in [4.78, 5) is 14.1. The van der Waals surface area contributed by atoms with Gasteiger partial charge in [-0.05, 0) is 33.5 Å². The molecule has 1 fully saturated rings. The van der Waals surface area contributed by atoms with Gasteiger partial charge in [0.1, 0.15) is 0 Å². The SMILES string of the molecule is CCC1(C(=O)NCCN(C)C)CCNC1. The monoisotopic (exact) mass is 213 g/mol. The zero-order chi connectivity index (χ0) is 11.3. The molecule has 1 amide bonds. The topological polar surface area (TPSA) is 44.4 Å². The van der Waals surface area contributed by atoms with Crippen LogP contribution in [0.1, 0.15) is 19.8 Å². The molecule has 2 N–H and O–H groups in total. The van der Waals surface area contributed by atoms with Crippen molar-refractivity contribution < 1.29 is 4.79 Å². The Morgan fingerprint density at radius 3 is 2.73 bits per heavy atom. The molecule has 0 saturated carbocycles. The highest BCUT2D eigenvalue weighted by molar-refractivity contribution is 5.83. The quantitative estimate of drug-likeness (QED) is 0.678. The Kier molecular flexibility index (Phi) is 4.54. The van der Waals surface area contributed by atoms with Crippen LogP contribution >= 0.6 is 0 Å². The Hall–Kier alpha value is -0.610. The molecular formula is C11H23N3O. The van der Waals surface area contributed by atoms with Crippen LogP contribution in [-0.2, 0) is 4.79 Å². The maximum absolute atomic E-state index is 12.0. The summed E-state index contributed by atoms with van der Waals surface area (Å²) in [6, 6.07) is 0. The fourth-order valence-electron chi connectivity index (χ4n) is 1.98. The van der Waals surface area contributed by atoms with Gasteiger partial charge in [0.2, 0.25) is 5.91 Å². The lowest BCUT2D eigenvalue weighted by atomic mass is 9.83. The van der Waals surface area contributed by atoms with Crippen molar-refractivity contribution in [2.24, 2.45) is 5.41 Å². The van der Waals surface area contributed by atoms with Crippen LogP contribution in [0.5, 0.6) is 0 Å². The van der Waals surface area contributed by atoms with Crippen LogP contribution in [0.15, 0.2) is 0 Å². The van der Waals surface area contributed by atoms with Crippen LogP contribution in [-0.4, -0.2) is 51.1 Å². The van der Waals surface area contributed by atoms with Gasteiger partial charge in [-0.2, -0.15) is 0 Å². The Morgan fingerprint density at radius 2 is 2.27 bits per heavy atom. The van der Waals surface area contributed by atoms with Crippen molar-refractivity contribution in [1.82, 2.24) is 15.5 Å². The fraction of sp³-hybridized carbons (Fsp3) is 0.909. The smallest absolute Gasteiger partial charge is 0.227 e. The third-order valence-electron chi connectivity index (χ3n) is 3.25. The lowest BCUT2D eigenvalue weighted by Crippen LogP contribution is -2.44. The lowest BCUT2D eigenvalue weighted by molar-refractivity contribution is -0.130. The van der Waals surface area contributed by atoms with Crippen LogP contribution in [0.2, 0.25) is 0 Å². The molecule has 1 unspecified atom stereocenters. The van der Waals surface area contributed by atoms with Crippen LogP contribution in [0.3, 0.4) is 0 Å². The molecule has 1 heterocycles. The molecule has 88 valence electrons. The average Bonchev–Trinajstić information content (AvgIpc) is 2.66. The second-order valence-corrected chi connectivity index (χ2v) is 4.62. The third-order valence-corrected chi connectivity index (χ3v) is 3.25. The molecule has 4 nitrogen and oxygen atoms in total. The van der Waals surface area contributed by atoms with Crippen LogP contribution in [0, 0.1) is 5.41 Å². The number of rotatable bonds is 5. The van der Waals surface area contributed by atoms with Crippen molar-refractivity contribution in [3.05, 3.63) is 0 Å². The van der Waals surface area contributed by atoms with Crippen molar-refractivity contribution in [2.75, 3.05) is 40.3 Å². The Bertz CT molecular complexity index is 210. The molecular weight excluding hydrogens is 190 g/mol. The standard InChI is InChI=1S/C11H23N3O/c1-4-11(5-6-12-9-11)10(15)13-7-8-14(2)3/h12H,4-9H2,1-3H3,(H,13,15). The van der Waals surface area contributed by atoms with E-state index in [0.717, 1.165) is 39.0 Å². The zero-order valence-corrected chi connectivity index (χ0v) is 10.1. The summed E-state index contributed by atoms with van der Waals surface area (Å²) < 4.78 is 0. The molecule has 0 aromatic rings. The van der Waals surface area contributed by atoms with E-state index in [1.165, 1.54) is 0 Å². The van der Waals surface area contributed by atoms with E-state index < -0.39 is 0 Å².